The van der Waals surface area contributed by atoms with Crippen LogP contribution in [0, 0.1) is 5.92 Å². The molecule has 25 heavy (non-hydrogen) atoms. The first-order valence-corrected chi connectivity index (χ1v) is 11.8. The highest BCUT2D eigenvalue weighted by molar-refractivity contribution is 6.66. The number of nitrogens with zero attached hydrogens (tertiary/aromatic N) is 1. The van der Waals surface area contributed by atoms with Gasteiger partial charge in [0.05, 0.1) is 0 Å². The van der Waals surface area contributed by atoms with Crippen molar-refractivity contribution in [1.29, 1.82) is 0 Å². The van der Waals surface area contributed by atoms with Crippen LogP contribution in [0.5, 0.6) is 0 Å². The third-order valence-corrected chi connectivity index (χ3v) is 7.49. The van der Waals surface area contributed by atoms with Crippen molar-refractivity contribution < 1.29 is 8.85 Å². The van der Waals surface area contributed by atoms with Gasteiger partial charge in [0.25, 0.3) is 0 Å². The first-order valence-electron chi connectivity index (χ1n) is 9.23. The lowest BCUT2D eigenvalue weighted by Gasteiger charge is -2.32. The SMILES string of the molecule is CCO[Si](C)(CC(C)CN(c1ccccc1)c1ccccc1)OCC. The maximum atomic E-state index is 6.03. The third-order valence-electron chi connectivity index (χ3n) is 4.25. The molecule has 2 aromatic carbocycles. The normalized spacial score (nSPS) is 12.8. The Kier molecular flexibility index (Phi) is 7.69. The van der Waals surface area contributed by atoms with Crippen molar-refractivity contribution >= 4 is 19.9 Å². The van der Waals surface area contributed by atoms with Gasteiger partial charge < -0.3 is 13.8 Å². The van der Waals surface area contributed by atoms with E-state index in [0.717, 1.165) is 25.8 Å². The molecule has 2 aromatic rings. The van der Waals surface area contributed by atoms with E-state index in [1.54, 1.807) is 0 Å². The fourth-order valence-corrected chi connectivity index (χ4v) is 6.29. The van der Waals surface area contributed by atoms with Gasteiger partial charge in [0, 0.05) is 31.1 Å². The van der Waals surface area contributed by atoms with Crippen molar-refractivity contribution in [3.63, 3.8) is 0 Å². The maximum absolute atomic E-state index is 6.03. The molecular formula is C21H31NO2Si. The highest BCUT2D eigenvalue weighted by Crippen LogP contribution is 2.28. The monoisotopic (exact) mass is 357 g/mol. The van der Waals surface area contributed by atoms with E-state index in [-0.39, 0.29) is 0 Å². The summed E-state index contributed by atoms with van der Waals surface area (Å²) < 4.78 is 12.1. The molecule has 0 spiro atoms. The highest BCUT2D eigenvalue weighted by Gasteiger charge is 2.33. The average Bonchev–Trinajstić information content (AvgIpc) is 2.61. The van der Waals surface area contributed by atoms with E-state index in [9.17, 15) is 0 Å². The molecule has 0 saturated heterocycles. The summed E-state index contributed by atoms with van der Waals surface area (Å²) in [4.78, 5) is 2.39. The summed E-state index contributed by atoms with van der Waals surface area (Å²) in [6, 6.07) is 22.2. The fourth-order valence-electron chi connectivity index (χ4n) is 3.36. The summed E-state index contributed by atoms with van der Waals surface area (Å²) in [5.74, 6) is 0.468. The second kappa shape index (κ2) is 9.75. The predicted molar refractivity (Wildman–Crippen MR) is 109 cm³/mol. The van der Waals surface area contributed by atoms with E-state index in [0.29, 0.717) is 5.92 Å². The first kappa shape index (κ1) is 19.7. The van der Waals surface area contributed by atoms with E-state index in [1.807, 2.05) is 0 Å². The Balaban J connectivity index is 2.16. The van der Waals surface area contributed by atoms with Crippen molar-refractivity contribution in [3.8, 4) is 0 Å². The second-order valence-electron chi connectivity index (χ2n) is 6.59. The van der Waals surface area contributed by atoms with Crippen LogP contribution in [-0.2, 0) is 8.85 Å². The maximum Gasteiger partial charge on any atom is 0.335 e. The molecule has 0 aliphatic heterocycles. The summed E-state index contributed by atoms with van der Waals surface area (Å²) in [6.45, 7) is 11.0. The lowest BCUT2D eigenvalue weighted by atomic mass is 10.1. The molecule has 1 unspecified atom stereocenters. The predicted octanol–water partition coefficient (Wildman–Crippen LogP) is 5.61. The number of benzene rings is 2. The van der Waals surface area contributed by atoms with Gasteiger partial charge in [-0.2, -0.15) is 0 Å². The molecule has 0 fully saturated rings. The molecule has 0 aliphatic rings. The van der Waals surface area contributed by atoms with Crippen LogP contribution in [0.4, 0.5) is 11.4 Å². The molecule has 4 heteroatoms. The van der Waals surface area contributed by atoms with Gasteiger partial charge in [0.1, 0.15) is 0 Å². The number of hydrogen-bond acceptors (Lipinski definition) is 3. The first-order chi connectivity index (χ1) is 12.1. The molecule has 0 N–H and O–H groups in total. The fraction of sp³-hybridized carbons (Fsp3) is 0.429. The van der Waals surface area contributed by atoms with Crippen LogP contribution in [0.2, 0.25) is 12.6 Å². The number of hydrogen-bond donors (Lipinski definition) is 0. The molecule has 136 valence electrons. The summed E-state index contributed by atoms with van der Waals surface area (Å²) in [5.41, 5.74) is 2.44. The van der Waals surface area contributed by atoms with Crippen molar-refractivity contribution in [2.45, 2.75) is 33.4 Å². The van der Waals surface area contributed by atoms with Crippen LogP contribution in [0.1, 0.15) is 20.8 Å². The number of rotatable bonds is 10. The minimum atomic E-state index is -2.11. The molecule has 0 heterocycles. The van der Waals surface area contributed by atoms with Gasteiger partial charge in [-0.3, -0.25) is 0 Å². The smallest absolute Gasteiger partial charge is 0.335 e. The topological polar surface area (TPSA) is 21.7 Å². The van der Waals surface area contributed by atoms with Gasteiger partial charge in [-0.15, -0.1) is 0 Å². The van der Waals surface area contributed by atoms with Gasteiger partial charge in [-0.1, -0.05) is 43.3 Å². The largest absolute Gasteiger partial charge is 0.395 e. The Labute approximate surface area is 153 Å². The Hall–Kier alpha value is -1.62. The molecule has 0 saturated carbocycles. The van der Waals surface area contributed by atoms with Gasteiger partial charge in [-0.05, 0) is 56.6 Å². The van der Waals surface area contributed by atoms with Crippen molar-refractivity contribution in [1.82, 2.24) is 0 Å². The molecule has 3 nitrogen and oxygen atoms in total. The summed E-state index contributed by atoms with van der Waals surface area (Å²) in [5, 5.41) is 0. The van der Waals surface area contributed by atoms with Crippen LogP contribution in [-0.4, -0.2) is 28.3 Å². The van der Waals surface area contributed by atoms with Crippen LogP contribution in [0.15, 0.2) is 60.7 Å². The molecule has 0 amide bonds. The third kappa shape index (κ3) is 5.99. The molecule has 0 aromatic heterocycles. The van der Waals surface area contributed by atoms with Gasteiger partial charge >= 0.3 is 8.56 Å². The average molecular weight is 358 g/mol. The zero-order valence-corrected chi connectivity index (χ0v) is 16.9. The van der Waals surface area contributed by atoms with Gasteiger partial charge in [-0.25, -0.2) is 0 Å². The standard InChI is InChI=1S/C21H31NO2Si/c1-5-23-25(4,24-6-2)18-19(3)17-22(20-13-9-7-10-14-20)21-15-11-8-12-16-21/h7-16,19H,5-6,17-18H2,1-4H3. The van der Waals surface area contributed by atoms with Crippen LogP contribution in [0.25, 0.3) is 0 Å². The number of para-hydroxylation sites is 2. The lowest BCUT2D eigenvalue weighted by molar-refractivity contribution is 0.184. The Morgan fingerprint density at radius 2 is 1.28 bits per heavy atom. The lowest BCUT2D eigenvalue weighted by Crippen LogP contribution is -2.42. The molecule has 0 radical (unpaired) electrons. The Bertz CT molecular complexity index is 560. The van der Waals surface area contributed by atoms with Crippen molar-refractivity contribution in [2.24, 2.45) is 5.92 Å². The zero-order chi connectivity index (χ0) is 18.1. The molecule has 1 atom stereocenters. The molecule has 0 aliphatic carbocycles. The summed E-state index contributed by atoms with van der Waals surface area (Å²) >= 11 is 0. The van der Waals surface area contributed by atoms with E-state index in [2.05, 4.69) is 92.9 Å². The summed E-state index contributed by atoms with van der Waals surface area (Å²) in [6.07, 6.45) is 0. The molecule has 0 bridgehead atoms. The minimum absolute atomic E-state index is 0.468. The van der Waals surface area contributed by atoms with Gasteiger partial charge in [0.2, 0.25) is 0 Å². The van der Waals surface area contributed by atoms with E-state index in [4.69, 9.17) is 8.85 Å². The minimum Gasteiger partial charge on any atom is -0.395 e. The Morgan fingerprint density at radius 3 is 1.68 bits per heavy atom. The van der Waals surface area contributed by atoms with Crippen molar-refractivity contribution in [2.75, 3.05) is 24.7 Å². The van der Waals surface area contributed by atoms with Crippen LogP contribution >= 0.6 is 0 Å². The summed E-state index contributed by atoms with van der Waals surface area (Å²) in [7, 11) is -2.11. The zero-order valence-electron chi connectivity index (χ0n) is 15.9. The molecular weight excluding hydrogens is 326 g/mol. The van der Waals surface area contributed by atoms with Crippen molar-refractivity contribution in [3.05, 3.63) is 60.7 Å². The van der Waals surface area contributed by atoms with Crippen LogP contribution < -0.4 is 4.90 Å². The van der Waals surface area contributed by atoms with E-state index < -0.39 is 8.56 Å². The number of anilines is 2. The molecule has 2 rings (SSSR count). The van der Waals surface area contributed by atoms with E-state index in [1.165, 1.54) is 11.4 Å². The second-order valence-corrected chi connectivity index (χ2v) is 9.84. The quantitative estimate of drug-likeness (QED) is 0.516. The van der Waals surface area contributed by atoms with E-state index >= 15 is 0 Å². The van der Waals surface area contributed by atoms with Gasteiger partial charge in [0.15, 0.2) is 0 Å². The highest BCUT2D eigenvalue weighted by atomic mass is 28.4. The van der Waals surface area contributed by atoms with Crippen LogP contribution in [0.3, 0.4) is 0 Å². The Morgan fingerprint density at radius 1 is 0.840 bits per heavy atom.